The van der Waals surface area contributed by atoms with Gasteiger partial charge in [-0.15, -0.1) is 0 Å². The molecular weight excluding hydrogens is 194 g/mol. The number of rotatable bonds is 2. The highest BCUT2D eigenvalue weighted by Crippen LogP contribution is 2.26. The number of carbonyl (C=O) groups is 1. The predicted molar refractivity (Wildman–Crippen MR) is 54.3 cm³/mol. The number of hydrogen-bond donors (Lipinski definition) is 2. The van der Waals surface area contributed by atoms with E-state index in [0.717, 1.165) is 18.8 Å². The lowest BCUT2D eigenvalue weighted by atomic mass is 9.98. The first kappa shape index (κ1) is 10.2. The average Bonchev–Trinajstić information content (AvgIpc) is 2.45. The molecular formula is C10H15N3O2. The van der Waals surface area contributed by atoms with E-state index >= 15 is 0 Å². The average molecular weight is 209 g/mol. The smallest absolute Gasteiger partial charge is 0.309 e. The Balaban J connectivity index is 2.26. The zero-order valence-electron chi connectivity index (χ0n) is 8.68. The molecule has 5 nitrogen and oxygen atoms in total. The highest BCUT2D eigenvalue weighted by Gasteiger charge is 2.24. The molecule has 1 aromatic rings. The summed E-state index contributed by atoms with van der Waals surface area (Å²) >= 11 is 0. The van der Waals surface area contributed by atoms with Crippen molar-refractivity contribution in [3.05, 3.63) is 17.7 Å². The number of aliphatic carboxylic acids is 1. The van der Waals surface area contributed by atoms with Crippen LogP contribution in [-0.4, -0.2) is 20.6 Å². The number of imidazole rings is 1. The molecule has 0 aromatic carbocycles. The fraction of sp³-hybridized carbons (Fsp3) is 0.600. The Kier molecular flexibility index (Phi) is 2.48. The Morgan fingerprint density at radius 3 is 3.20 bits per heavy atom. The standard InChI is InChI=1S/C10H15N3O2/c1-6-2-8(11)10-12-7(3-9(14)15)5-13(10)4-6/h5-6,8H,2-4,11H2,1H3,(H,14,15). The molecule has 0 saturated heterocycles. The summed E-state index contributed by atoms with van der Waals surface area (Å²) < 4.78 is 1.98. The third-order valence-electron chi connectivity index (χ3n) is 2.69. The third-order valence-corrected chi connectivity index (χ3v) is 2.69. The van der Waals surface area contributed by atoms with Crippen molar-refractivity contribution in [2.75, 3.05) is 0 Å². The minimum atomic E-state index is -0.855. The van der Waals surface area contributed by atoms with E-state index in [4.69, 9.17) is 10.8 Å². The van der Waals surface area contributed by atoms with E-state index in [-0.39, 0.29) is 12.5 Å². The maximum atomic E-state index is 10.5. The van der Waals surface area contributed by atoms with Crippen LogP contribution < -0.4 is 5.73 Å². The summed E-state index contributed by atoms with van der Waals surface area (Å²) in [6.07, 6.45) is 2.70. The monoisotopic (exact) mass is 209 g/mol. The van der Waals surface area contributed by atoms with Crippen LogP contribution >= 0.6 is 0 Å². The van der Waals surface area contributed by atoms with Crippen LogP contribution in [0.1, 0.15) is 30.9 Å². The lowest BCUT2D eigenvalue weighted by Crippen LogP contribution is -2.26. The van der Waals surface area contributed by atoms with Crippen molar-refractivity contribution >= 4 is 5.97 Å². The molecule has 5 heteroatoms. The number of aromatic nitrogens is 2. The summed E-state index contributed by atoms with van der Waals surface area (Å²) in [4.78, 5) is 14.8. The SMILES string of the molecule is CC1CC(N)c2nc(CC(=O)O)cn2C1. The Morgan fingerprint density at radius 1 is 1.80 bits per heavy atom. The normalized spacial score (nSPS) is 24.9. The summed E-state index contributed by atoms with van der Waals surface area (Å²) in [5.41, 5.74) is 6.55. The van der Waals surface area contributed by atoms with Crippen LogP contribution in [0.3, 0.4) is 0 Å². The molecule has 82 valence electrons. The molecule has 0 amide bonds. The summed E-state index contributed by atoms with van der Waals surface area (Å²) in [7, 11) is 0. The number of carboxylic acids is 1. The van der Waals surface area contributed by atoms with Crippen molar-refractivity contribution < 1.29 is 9.90 Å². The van der Waals surface area contributed by atoms with E-state index in [1.165, 1.54) is 0 Å². The number of nitrogens with two attached hydrogens (primary N) is 1. The fourth-order valence-corrected chi connectivity index (χ4v) is 2.12. The van der Waals surface area contributed by atoms with Gasteiger partial charge in [-0.05, 0) is 12.3 Å². The Bertz CT molecular complexity index is 386. The maximum absolute atomic E-state index is 10.5. The lowest BCUT2D eigenvalue weighted by molar-refractivity contribution is -0.136. The molecule has 0 aliphatic carbocycles. The largest absolute Gasteiger partial charge is 0.481 e. The lowest BCUT2D eigenvalue weighted by Gasteiger charge is -2.25. The van der Waals surface area contributed by atoms with Crippen LogP contribution in [-0.2, 0) is 17.8 Å². The minimum Gasteiger partial charge on any atom is -0.481 e. The molecule has 0 bridgehead atoms. The number of carboxylic acid groups (broad SMARTS) is 1. The summed E-state index contributed by atoms with van der Waals surface area (Å²) in [6.45, 7) is 3.02. The fourth-order valence-electron chi connectivity index (χ4n) is 2.12. The Hall–Kier alpha value is -1.36. The summed E-state index contributed by atoms with van der Waals surface area (Å²) in [5, 5.41) is 8.67. The van der Waals surface area contributed by atoms with Crippen molar-refractivity contribution in [1.82, 2.24) is 9.55 Å². The van der Waals surface area contributed by atoms with E-state index in [9.17, 15) is 4.79 Å². The first-order valence-electron chi connectivity index (χ1n) is 5.09. The molecule has 0 saturated carbocycles. The highest BCUT2D eigenvalue weighted by atomic mass is 16.4. The topological polar surface area (TPSA) is 81.1 Å². The molecule has 0 radical (unpaired) electrons. The van der Waals surface area contributed by atoms with E-state index in [1.54, 1.807) is 6.20 Å². The van der Waals surface area contributed by atoms with Gasteiger partial charge in [-0.25, -0.2) is 4.98 Å². The molecule has 1 aliphatic rings. The quantitative estimate of drug-likeness (QED) is 0.745. The molecule has 1 aliphatic heterocycles. The zero-order chi connectivity index (χ0) is 11.0. The van der Waals surface area contributed by atoms with Crippen LogP contribution in [0.5, 0.6) is 0 Å². The van der Waals surface area contributed by atoms with Gasteiger partial charge in [0.15, 0.2) is 0 Å². The molecule has 1 aromatic heterocycles. The molecule has 2 atom stereocenters. The van der Waals surface area contributed by atoms with Gasteiger partial charge in [0.25, 0.3) is 0 Å². The van der Waals surface area contributed by atoms with Gasteiger partial charge in [0.1, 0.15) is 5.82 Å². The highest BCUT2D eigenvalue weighted by molar-refractivity contribution is 5.69. The molecule has 0 fully saturated rings. The van der Waals surface area contributed by atoms with Crippen LogP contribution in [0.2, 0.25) is 0 Å². The Morgan fingerprint density at radius 2 is 2.53 bits per heavy atom. The molecule has 2 unspecified atom stereocenters. The molecule has 0 spiro atoms. The minimum absolute atomic E-state index is 0.0267. The van der Waals surface area contributed by atoms with Gasteiger partial charge >= 0.3 is 5.97 Å². The van der Waals surface area contributed by atoms with Gasteiger partial charge in [0.2, 0.25) is 0 Å². The molecule has 2 rings (SSSR count). The van der Waals surface area contributed by atoms with Crippen molar-refractivity contribution in [1.29, 1.82) is 0 Å². The van der Waals surface area contributed by atoms with Gasteiger partial charge < -0.3 is 15.4 Å². The van der Waals surface area contributed by atoms with Gasteiger partial charge in [0.05, 0.1) is 18.2 Å². The van der Waals surface area contributed by atoms with E-state index in [0.29, 0.717) is 11.6 Å². The number of fused-ring (bicyclic) bond motifs is 1. The molecule has 15 heavy (non-hydrogen) atoms. The number of nitrogens with zero attached hydrogens (tertiary/aromatic N) is 2. The van der Waals surface area contributed by atoms with Crippen LogP contribution in [0.4, 0.5) is 0 Å². The summed E-state index contributed by atoms with van der Waals surface area (Å²) in [5.74, 6) is 0.496. The van der Waals surface area contributed by atoms with Gasteiger partial charge in [-0.1, -0.05) is 6.92 Å². The zero-order valence-corrected chi connectivity index (χ0v) is 8.68. The van der Waals surface area contributed by atoms with E-state index in [1.807, 2.05) is 4.57 Å². The maximum Gasteiger partial charge on any atom is 0.309 e. The van der Waals surface area contributed by atoms with Crippen molar-refractivity contribution in [2.24, 2.45) is 11.7 Å². The van der Waals surface area contributed by atoms with Gasteiger partial charge in [-0.2, -0.15) is 0 Å². The third kappa shape index (κ3) is 2.02. The number of hydrogen-bond acceptors (Lipinski definition) is 3. The predicted octanol–water partition coefficient (Wildman–Crippen LogP) is 0.550. The first-order valence-corrected chi connectivity index (χ1v) is 5.09. The van der Waals surface area contributed by atoms with Crippen LogP contribution in [0.25, 0.3) is 0 Å². The van der Waals surface area contributed by atoms with Gasteiger partial charge in [0, 0.05) is 12.7 Å². The van der Waals surface area contributed by atoms with Gasteiger partial charge in [-0.3, -0.25) is 4.79 Å². The Labute approximate surface area is 87.9 Å². The molecule has 3 N–H and O–H groups in total. The summed E-state index contributed by atoms with van der Waals surface area (Å²) in [6, 6.07) is -0.0590. The second-order valence-electron chi connectivity index (χ2n) is 4.26. The van der Waals surface area contributed by atoms with E-state index in [2.05, 4.69) is 11.9 Å². The molecule has 2 heterocycles. The van der Waals surface area contributed by atoms with Crippen molar-refractivity contribution in [3.8, 4) is 0 Å². The second-order valence-corrected chi connectivity index (χ2v) is 4.26. The van der Waals surface area contributed by atoms with Crippen LogP contribution in [0, 0.1) is 5.92 Å². The van der Waals surface area contributed by atoms with E-state index < -0.39 is 5.97 Å². The second kappa shape index (κ2) is 3.66. The van der Waals surface area contributed by atoms with Crippen LogP contribution in [0.15, 0.2) is 6.20 Å². The van der Waals surface area contributed by atoms with Crippen molar-refractivity contribution in [3.63, 3.8) is 0 Å². The first-order chi connectivity index (χ1) is 7.06. The van der Waals surface area contributed by atoms with Crippen molar-refractivity contribution in [2.45, 2.75) is 32.4 Å².